The minimum absolute atomic E-state index is 0.0913. The minimum Gasteiger partial charge on any atom is -0.323 e. The number of likely N-dealkylation sites (N-methyl/N-ethyl adjacent to an activating group) is 1. The molecule has 2 heterocycles. The van der Waals surface area contributed by atoms with E-state index >= 15 is 0 Å². The molecule has 0 saturated heterocycles. The van der Waals surface area contributed by atoms with Gasteiger partial charge >= 0.3 is 0 Å². The fourth-order valence-corrected chi connectivity index (χ4v) is 1.72. The van der Waals surface area contributed by atoms with Gasteiger partial charge in [-0.1, -0.05) is 19.9 Å². The SMILES string of the molecule is CC.CC(C(=O)c1ccn2ccccc12)N(C)C. The molecule has 0 bridgehead atoms. The summed E-state index contributed by atoms with van der Waals surface area (Å²) in [7, 11) is 3.84. The minimum atomic E-state index is -0.0913. The van der Waals surface area contributed by atoms with Gasteiger partial charge in [0.25, 0.3) is 0 Å². The quantitative estimate of drug-likeness (QED) is 0.777. The topological polar surface area (TPSA) is 24.7 Å². The molecule has 0 fully saturated rings. The first-order chi connectivity index (χ1) is 8.61. The number of nitrogens with zero attached hydrogens (tertiary/aromatic N) is 2. The zero-order chi connectivity index (χ0) is 13.7. The Balaban J connectivity index is 0.000000771. The maximum absolute atomic E-state index is 12.2. The molecule has 18 heavy (non-hydrogen) atoms. The molecule has 0 amide bonds. The molecule has 0 aromatic carbocycles. The van der Waals surface area contributed by atoms with Crippen LogP contribution >= 0.6 is 0 Å². The van der Waals surface area contributed by atoms with Crippen LogP contribution in [0.5, 0.6) is 0 Å². The third-order valence-electron chi connectivity index (χ3n) is 2.99. The molecule has 98 valence electrons. The molecule has 0 spiro atoms. The highest BCUT2D eigenvalue weighted by Crippen LogP contribution is 2.15. The van der Waals surface area contributed by atoms with Gasteiger partial charge in [0.2, 0.25) is 0 Å². The van der Waals surface area contributed by atoms with Gasteiger partial charge in [0.1, 0.15) is 0 Å². The number of rotatable bonds is 3. The van der Waals surface area contributed by atoms with Crippen LogP contribution in [0.1, 0.15) is 31.1 Å². The number of hydrogen-bond acceptors (Lipinski definition) is 2. The molecule has 1 atom stereocenters. The van der Waals surface area contributed by atoms with Crippen LogP contribution in [0.25, 0.3) is 5.52 Å². The van der Waals surface area contributed by atoms with E-state index in [4.69, 9.17) is 0 Å². The second-order valence-corrected chi connectivity index (χ2v) is 4.23. The highest BCUT2D eigenvalue weighted by Gasteiger charge is 2.19. The Labute approximate surface area is 109 Å². The van der Waals surface area contributed by atoms with E-state index in [1.807, 2.05) is 80.8 Å². The predicted octanol–water partition coefficient (Wildman–Crippen LogP) is 3.10. The van der Waals surface area contributed by atoms with Crippen LogP contribution < -0.4 is 0 Å². The van der Waals surface area contributed by atoms with E-state index in [0.29, 0.717) is 0 Å². The van der Waals surface area contributed by atoms with E-state index in [2.05, 4.69) is 0 Å². The monoisotopic (exact) mass is 246 g/mol. The van der Waals surface area contributed by atoms with Crippen molar-refractivity contribution in [2.24, 2.45) is 0 Å². The number of hydrogen-bond donors (Lipinski definition) is 0. The highest BCUT2D eigenvalue weighted by atomic mass is 16.1. The molecule has 0 aliphatic carbocycles. The average Bonchev–Trinajstić information content (AvgIpc) is 2.83. The molecule has 0 aliphatic heterocycles. The maximum atomic E-state index is 12.2. The third-order valence-corrected chi connectivity index (χ3v) is 2.99. The number of fused-ring (bicyclic) bond motifs is 1. The van der Waals surface area contributed by atoms with Crippen molar-refractivity contribution >= 4 is 11.3 Å². The van der Waals surface area contributed by atoms with Crippen LogP contribution in [0.15, 0.2) is 36.7 Å². The number of carbonyl (C=O) groups is 1. The second kappa shape index (κ2) is 6.36. The Morgan fingerprint density at radius 2 is 1.83 bits per heavy atom. The summed E-state index contributed by atoms with van der Waals surface area (Å²) in [4.78, 5) is 14.1. The van der Waals surface area contributed by atoms with E-state index in [-0.39, 0.29) is 11.8 Å². The van der Waals surface area contributed by atoms with Crippen LogP contribution in [0.3, 0.4) is 0 Å². The van der Waals surface area contributed by atoms with Crippen molar-refractivity contribution in [1.29, 1.82) is 0 Å². The summed E-state index contributed by atoms with van der Waals surface area (Å²) in [5.74, 6) is 0.165. The predicted molar refractivity (Wildman–Crippen MR) is 76.2 cm³/mol. The molecule has 2 aromatic heterocycles. The lowest BCUT2D eigenvalue weighted by Crippen LogP contribution is -2.32. The summed E-state index contributed by atoms with van der Waals surface area (Å²) in [6, 6.07) is 7.67. The molecular weight excluding hydrogens is 224 g/mol. The Kier molecular flexibility index (Phi) is 5.10. The van der Waals surface area contributed by atoms with Gasteiger partial charge in [-0.2, -0.15) is 0 Å². The van der Waals surface area contributed by atoms with Crippen molar-refractivity contribution in [2.75, 3.05) is 14.1 Å². The van der Waals surface area contributed by atoms with Crippen LogP contribution in [-0.4, -0.2) is 35.2 Å². The smallest absolute Gasteiger partial charge is 0.181 e. The average molecular weight is 246 g/mol. The molecule has 0 N–H and O–H groups in total. The Morgan fingerprint density at radius 1 is 1.17 bits per heavy atom. The summed E-state index contributed by atoms with van der Waals surface area (Å²) >= 11 is 0. The molecule has 3 nitrogen and oxygen atoms in total. The zero-order valence-electron chi connectivity index (χ0n) is 11.8. The van der Waals surface area contributed by atoms with Gasteiger partial charge in [-0.15, -0.1) is 0 Å². The van der Waals surface area contributed by atoms with E-state index in [1.165, 1.54) is 0 Å². The van der Waals surface area contributed by atoms with Crippen molar-refractivity contribution < 1.29 is 4.79 Å². The van der Waals surface area contributed by atoms with Crippen LogP contribution in [0.4, 0.5) is 0 Å². The lowest BCUT2D eigenvalue weighted by atomic mass is 10.1. The van der Waals surface area contributed by atoms with E-state index < -0.39 is 0 Å². The van der Waals surface area contributed by atoms with Crippen molar-refractivity contribution in [3.63, 3.8) is 0 Å². The van der Waals surface area contributed by atoms with Crippen LogP contribution in [-0.2, 0) is 0 Å². The van der Waals surface area contributed by atoms with Crippen molar-refractivity contribution in [2.45, 2.75) is 26.8 Å². The number of Topliss-reactive ketones (excluding diaryl/α,β-unsaturated/α-hetero) is 1. The second-order valence-electron chi connectivity index (χ2n) is 4.23. The van der Waals surface area contributed by atoms with Crippen molar-refractivity contribution in [3.05, 3.63) is 42.2 Å². The molecule has 3 heteroatoms. The molecule has 0 saturated carbocycles. The first-order valence-electron chi connectivity index (χ1n) is 6.37. The molecule has 0 aliphatic rings. The Bertz CT molecular complexity index is 514. The van der Waals surface area contributed by atoms with E-state index in [0.717, 1.165) is 11.1 Å². The molecule has 2 rings (SSSR count). The standard InChI is InChI=1S/C13H16N2O.C2H6/c1-10(14(2)3)13(16)11-7-9-15-8-5-4-6-12(11)15;1-2/h4-10H,1-3H3;1-2H3. The highest BCUT2D eigenvalue weighted by molar-refractivity contribution is 6.05. The van der Waals surface area contributed by atoms with Gasteiger partial charge in [0.05, 0.1) is 11.6 Å². The van der Waals surface area contributed by atoms with E-state index in [9.17, 15) is 4.79 Å². The normalized spacial score (nSPS) is 12.1. The third kappa shape index (κ3) is 2.79. The van der Waals surface area contributed by atoms with Gasteiger partial charge < -0.3 is 4.40 Å². The fraction of sp³-hybridized carbons (Fsp3) is 0.400. The fourth-order valence-electron chi connectivity index (χ4n) is 1.72. The van der Waals surface area contributed by atoms with Gasteiger partial charge in [-0.3, -0.25) is 9.69 Å². The lowest BCUT2D eigenvalue weighted by Gasteiger charge is -2.17. The number of ketones is 1. The van der Waals surface area contributed by atoms with Crippen molar-refractivity contribution in [1.82, 2.24) is 9.30 Å². The molecular formula is C15H22N2O. The maximum Gasteiger partial charge on any atom is 0.181 e. The molecule has 2 aromatic rings. The van der Waals surface area contributed by atoms with Crippen molar-refractivity contribution in [3.8, 4) is 0 Å². The van der Waals surface area contributed by atoms with Gasteiger partial charge in [-0.25, -0.2) is 0 Å². The molecule has 0 radical (unpaired) electrons. The van der Waals surface area contributed by atoms with Crippen LogP contribution in [0.2, 0.25) is 0 Å². The lowest BCUT2D eigenvalue weighted by molar-refractivity contribution is 0.0892. The summed E-state index contributed by atoms with van der Waals surface area (Å²) in [6.07, 6.45) is 3.87. The Hall–Kier alpha value is -1.61. The Morgan fingerprint density at radius 3 is 2.44 bits per heavy atom. The van der Waals surface area contributed by atoms with E-state index in [1.54, 1.807) is 0 Å². The summed E-state index contributed by atoms with van der Waals surface area (Å²) in [5.41, 5.74) is 1.77. The number of carbonyl (C=O) groups excluding carboxylic acids is 1. The number of aromatic nitrogens is 1. The first-order valence-corrected chi connectivity index (χ1v) is 6.37. The largest absolute Gasteiger partial charge is 0.323 e. The molecule has 1 unspecified atom stereocenters. The van der Waals surface area contributed by atoms with Gasteiger partial charge in [0, 0.05) is 18.0 Å². The van der Waals surface area contributed by atoms with Crippen LogP contribution in [0, 0.1) is 0 Å². The first kappa shape index (κ1) is 14.5. The van der Waals surface area contributed by atoms with Gasteiger partial charge in [0.15, 0.2) is 5.78 Å². The zero-order valence-corrected chi connectivity index (χ0v) is 11.8. The summed E-state index contributed by atoms with van der Waals surface area (Å²) in [6.45, 7) is 5.93. The summed E-state index contributed by atoms with van der Waals surface area (Å²) < 4.78 is 1.97. The van der Waals surface area contributed by atoms with Gasteiger partial charge in [-0.05, 0) is 39.2 Å². The summed E-state index contributed by atoms with van der Waals surface area (Å²) in [5, 5.41) is 0. The number of pyridine rings is 1.